The van der Waals surface area contributed by atoms with E-state index in [1.807, 2.05) is 6.26 Å². The molecule has 0 saturated carbocycles. The van der Waals surface area contributed by atoms with E-state index in [1.165, 1.54) is 18.2 Å². The van der Waals surface area contributed by atoms with Crippen LogP contribution >= 0.6 is 23.4 Å². The molecule has 0 saturated heterocycles. The van der Waals surface area contributed by atoms with Gasteiger partial charge in [-0.15, -0.1) is 0 Å². The summed E-state index contributed by atoms with van der Waals surface area (Å²) in [7, 11) is -3.54. The van der Waals surface area contributed by atoms with Gasteiger partial charge < -0.3 is 5.73 Å². The summed E-state index contributed by atoms with van der Waals surface area (Å²) in [6.07, 6.45) is 3.83. The zero-order chi connectivity index (χ0) is 13.6. The van der Waals surface area contributed by atoms with Crippen LogP contribution in [-0.4, -0.2) is 27.0 Å². The molecule has 0 unspecified atom stereocenters. The predicted octanol–water partition coefficient (Wildman–Crippen LogP) is 2.34. The van der Waals surface area contributed by atoms with Gasteiger partial charge in [0.05, 0.1) is 5.69 Å². The fourth-order valence-electron chi connectivity index (χ4n) is 1.42. The minimum absolute atomic E-state index is 0.0803. The van der Waals surface area contributed by atoms with Crippen LogP contribution in [0.3, 0.4) is 0 Å². The van der Waals surface area contributed by atoms with E-state index in [0.29, 0.717) is 11.6 Å². The summed E-state index contributed by atoms with van der Waals surface area (Å²) in [6.45, 7) is 0.422. The Bertz CT molecular complexity index is 492. The molecular formula is C11H17ClN2O2S2. The second-order valence-electron chi connectivity index (χ2n) is 3.78. The summed E-state index contributed by atoms with van der Waals surface area (Å²) in [5.41, 5.74) is 5.82. The van der Waals surface area contributed by atoms with Crippen molar-refractivity contribution < 1.29 is 8.42 Å². The standard InChI is InChI=1S/C11H17ClN2O2S2/c1-17-7-3-2-6-14-18(15,16)11-5-4-9(12)8-10(11)13/h4-5,8,14H,2-3,6-7,13H2,1H3. The van der Waals surface area contributed by atoms with E-state index < -0.39 is 10.0 Å². The number of benzene rings is 1. The molecular weight excluding hydrogens is 292 g/mol. The van der Waals surface area contributed by atoms with Crippen molar-refractivity contribution in [2.24, 2.45) is 0 Å². The fourth-order valence-corrected chi connectivity index (χ4v) is 3.28. The van der Waals surface area contributed by atoms with Crippen LogP contribution in [0.4, 0.5) is 5.69 Å². The molecule has 0 heterocycles. The number of anilines is 1. The lowest BCUT2D eigenvalue weighted by atomic mass is 10.3. The number of hydrogen-bond acceptors (Lipinski definition) is 4. The summed E-state index contributed by atoms with van der Waals surface area (Å²) in [5, 5.41) is 0.423. The van der Waals surface area contributed by atoms with Crippen LogP contribution in [-0.2, 0) is 10.0 Å². The SMILES string of the molecule is CSCCCCNS(=O)(=O)c1ccc(Cl)cc1N. The number of nitrogens with one attached hydrogen (secondary N) is 1. The Morgan fingerprint density at radius 1 is 1.39 bits per heavy atom. The lowest BCUT2D eigenvalue weighted by molar-refractivity contribution is 0.579. The molecule has 0 aliphatic rings. The van der Waals surface area contributed by atoms with Gasteiger partial charge in [-0.2, -0.15) is 11.8 Å². The monoisotopic (exact) mass is 308 g/mol. The predicted molar refractivity (Wildman–Crippen MR) is 78.7 cm³/mol. The molecule has 1 aromatic rings. The molecule has 18 heavy (non-hydrogen) atoms. The molecule has 102 valence electrons. The van der Waals surface area contributed by atoms with E-state index in [9.17, 15) is 8.42 Å². The molecule has 0 aromatic heterocycles. The molecule has 1 aromatic carbocycles. The van der Waals surface area contributed by atoms with Gasteiger partial charge in [0.2, 0.25) is 10.0 Å². The van der Waals surface area contributed by atoms with Crippen LogP contribution in [0.5, 0.6) is 0 Å². The molecule has 0 atom stereocenters. The molecule has 1 rings (SSSR count). The summed E-state index contributed by atoms with van der Waals surface area (Å²) in [6, 6.07) is 4.37. The summed E-state index contributed by atoms with van der Waals surface area (Å²) < 4.78 is 26.4. The molecule has 0 aliphatic heterocycles. The third kappa shape index (κ3) is 4.68. The number of unbranched alkanes of at least 4 members (excludes halogenated alkanes) is 1. The van der Waals surface area contributed by atoms with Gasteiger partial charge in [0.25, 0.3) is 0 Å². The van der Waals surface area contributed by atoms with Crippen LogP contribution in [0.2, 0.25) is 5.02 Å². The van der Waals surface area contributed by atoms with Crippen LogP contribution in [0.25, 0.3) is 0 Å². The lowest BCUT2D eigenvalue weighted by Crippen LogP contribution is -2.25. The van der Waals surface area contributed by atoms with Crippen molar-refractivity contribution in [1.82, 2.24) is 4.72 Å². The van der Waals surface area contributed by atoms with Crippen LogP contribution in [0, 0.1) is 0 Å². The van der Waals surface area contributed by atoms with Gasteiger partial charge >= 0.3 is 0 Å². The van der Waals surface area contributed by atoms with Gasteiger partial charge in [-0.3, -0.25) is 0 Å². The number of nitrogens with two attached hydrogens (primary N) is 1. The molecule has 0 spiro atoms. The molecule has 4 nitrogen and oxygen atoms in total. The molecule has 7 heteroatoms. The van der Waals surface area contributed by atoms with Crippen molar-refractivity contribution in [1.29, 1.82) is 0 Å². The number of sulfonamides is 1. The number of nitrogen functional groups attached to an aromatic ring is 1. The Kier molecular flexibility index (Phi) is 6.28. The largest absolute Gasteiger partial charge is 0.398 e. The average molecular weight is 309 g/mol. The highest BCUT2D eigenvalue weighted by Crippen LogP contribution is 2.22. The van der Waals surface area contributed by atoms with Gasteiger partial charge in [-0.25, -0.2) is 13.1 Å². The number of hydrogen-bond donors (Lipinski definition) is 2. The summed E-state index contributed by atoms with van der Waals surface area (Å²) in [5.74, 6) is 1.03. The summed E-state index contributed by atoms with van der Waals surface area (Å²) in [4.78, 5) is 0.0803. The van der Waals surface area contributed by atoms with Gasteiger partial charge in [0, 0.05) is 11.6 Å². The topological polar surface area (TPSA) is 72.2 Å². The zero-order valence-electron chi connectivity index (χ0n) is 10.1. The highest BCUT2D eigenvalue weighted by atomic mass is 35.5. The van der Waals surface area contributed by atoms with E-state index >= 15 is 0 Å². The number of rotatable bonds is 7. The third-order valence-corrected chi connectivity index (χ3v) is 4.80. The molecule has 0 bridgehead atoms. The first kappa shape index (κ1) is 15.6. The smallest absolute Gasteiger partial charge is 0.242 e. The molecule has 0 aliphatic carbocycles. The maximum atomic E-state index is 12.0. The Balaban J connectivity index is 2.63. The van der Waals surface area contributed by atoms with Gasteiger partial charge in [-0.05, 0) is 43.0 Å². The normalized spacial score (nSPS) is 11.7. The first-order valence-electron chi connectivity index (χ1n) is 5.51. The number of thioether (sulfide) groups is 1. The van der Waals surface area contributed by atoms with Crippen molar-refractivity contribution >= 4 is 39.1 Å². The molecule has 0 radical (unpaired) electrons. The van der Waals surface area contributed by atoms with Crippen LogP contribution in [0.15, 0.2) is 23.1 Å². The lowest BCUT2D eigenvalue weighted by Gasteiger charge is -2.09. The van der Waals surface area contributed by atoms with E-state index in [1.54, 1.807) is 11.8 Å². The third-order valence-electron chi connectivity index (χ3n) is 2.33. The fraction of sp³-hybridized carbons (Fsp3) is 0.455. The average Bonchev–Trinajstić information content (AvgIpc) is 2.28. The first-order valence-corrected chi connectivity index (χ1v) is 8.76. The first-order chi connectivity index (χ1) is 8.47. The van der Waals surface area contributed by atoms with Crippen molar-refractivity contribution in [2.45, 2.75) is 17.7 Å². The Morgan fingerprint density at radius 2 is 2.11 bits per heavy atom. The Labute approximate surface area is 117 Å². The summed E-state index contributed by atoms with van der Waals surface area (Å²) >= 11 is 7.48. The van der Waals surface area contributed by atoms with Gasteiger partial charge in [0.1, 0.15) is 4.90 Å². The second kappa shape index (κ2) is 7.23. The zero-order valence-corrected chi connectivity index (χ0v) is 12.5. The van der Waals surface area contributed by atoms with Crippen LogP contribution < -0.4 is 10.5 Å². The maximum Gasteiger partial charge on any atom is 0.242 e. The molecule has 3 N–H and O–H groups in total. The quantitative estimate of drug-likeness (QED) is 0.599. The van der Waals surface area contributed by atoms with Crippen molar-refractivity contribution in [3.05, 3.63) is 23.2 Å². The number of halogens is 1. The van der Waals surface area contributed by atoms with Crippen molar-refractivity contribution in [3.63, 3.8) is 0 Å². The second-order valence-corrected chi connectivity index (χ2v) is 6.94. The van der Waals surface area contributed by atoms with E-state index in [0.717, 1.165) is 18.6 Å². The Hall–Kier alpha value is -0.430. The highest BCUT2D eigenvalue weighted by molar-refractivity contribution is 7.98. The van der Waals surface area contributed by atoms with Crippen molar-refractivity contribution in [2.75, 3.05) is 24.3 Å². The van der Waals surface area contributed by atoms with E-state index in [2.05, 4.69) is 4.72 Å². The van der Waals surface area contributed by atoms with Crippen molar-refractivity contribution in [3.8, 4) is 0 Å². The molecule has 0 fully saturated rings. The highest BCUT2D eigenvalue weighted by Gasteiger charge is 2.16. The van der Waals surface area contributed by atoms with E-state index in [4.69, 9.17) is 17.3 Å². The maximum absolute atomic E-state index is 12.0. The van der Waals surface area contributed by atoms with Crippen LogP contribution in [0.1, 0.15) is 12.8 Å². The van der Waals surface area contributed by atoms with Gasteiger partial charge in [0.15, 0.2) is 0 Å². The van der Waals surface area contributed by atoms with E-state index in [-0.39, 0.29) is 10.6 Å². The van der Waals surface area contributed by atoms with Gasteiger partial charge in [-0.1, -0.05) is 11.6 Å². The Morgan fingerprint density at radius 3 is 2.72 bits per heavy atom. The minimum atomic E-state index is -3.54. The molecule has 0 amide bonds. The minimum Gasteiger partial charge on any atom is -0.398 e.